The van der Waals surface area contributed by atoms with Gasteiger partial charge in [0.05, 0.1) is 12.0 Å². The fourth-order valence-corrected chi connectivity index (χ4v) is 6.02. The van der Waals surface area contributed by atoms with Crippen molar-refractivity contribution in [3.63, 3.8) is 0 Å². The van der Waals surface area contributed by atoms with E-state index in [1.54, 1.807) is 0 Å². The summed E-state index contributed by atoms with van der Waals surface area (Å²) in [5, 5.41) is 11.5. The van der Waals surface area contributed by atoms with Crippen LogP contribution in [-0.2, 0) is 9.53 Å². The van der Waals surface area contributed by atoms with Gasteiger partial charge >= 0.3 is 5.97 Å². The first-order chi connectivity index (χ1) is 13.9. The number of nitrogens with zero attached hydrogens (tertiary/aromatic N) is 1. The fourth-order valence-electron chi connectivity index (χ4n) is 6.02. The van der Waals surface area contributed by atoms with E-state index >= 15 is 0 Å². The van der Waals surface area contributed by atoms with E-state index in [0.29, 0.717) is 5.92 Å². The largest absolute Gasteiger partial charge is 0.461 e. The summed E-state index contributed by atoms with van der Waals surface area (Å²) >= 11 is 0. The molecular formula is C25H43NO3. The summed E-state index contributed by atoms with van der Waals surface area (Å²) in [6.45, 7) is 11.8. The molecule has 1 N–H and O–H groups in total. The topological polar surface area (TPSA) is 49.8 Å². The molecule has 0 aromatic rings. The number of hydrogen-bond acceptors (Lipinski definition) is 4. The van der Waals surface area contributed by atoms with E-state index in [1.165, 1.54) is 44.1 Å². The number of ether oxygens (including phenoxy) is 1. The van der Waals surface area contributed by atoms with Crippen LogP contribution in [0.5, 0.6) is 0 Å². The quantitative estimate of drug-likeness (QED) is 0.317. The first-order valence-corrected chi connectivity index (χ1v) is 12.2. The Morgan fingerprint density at radius 2 is 1.83 bits per heavy atom. The smallest absolute Gasteiger partial charge is 0.311 e. The van der Waals surface area contributed by atoms with Crippen LogP contribution in [0.4, 0.5) is 0 Å². The number of aliphatic hydroxyl groups excluding tert-OH is 1. The molecule has 1 heterocycles. The average Bonchev–Trinajstić information content (AvgIpc) is 3.00. The fraction of sp³-hybridized carbons (Fsp3) is 0.880. The van der Waals surface area contributed by atoms with Crippen LogP contribution in [-0.4, -0.2) is 47.8 Å². The Balaban J connectivity index is 1.75. The van der Waals surface area contributed by atoms with Crippen molar-refractivity contribution in [3.05, 3.63) is 11.6 Å². The zero-order valence-corrected chi connectivity index (χ0v) is 19.2. The molecule has 0 amide bonds. The molecule has 2 fully saturated rings. The Morgan fingerprint density at radius 3 is 2.45 bits per heavy atom. The molecule has 1 saturated carbocycles. The predicted octanol–water partition coefficient (Wildman–Crippen LogP) is 4.95. The van der Waals surface area contributed by atoms with E-state index in [-0.39, 0.29) is 29.3 Å². The third-order valence-corrected chi connectivity index (χ3v) is 8.18. The van der Waals surface area contributed by atoms with Crippen molar-refractivity contribution in [2.24, 2.45) is 23.2 Å². The van der Waals surface area contributed by atoms with Gasteiger partial charge in [-0.3, -0.25) is 4.79 Å². The maximum Gasteiger partial charge on any atom is 0.311 e. The van der Waals surface area contributed by atoms with Crippen molar-refractivity contribution < 1.29 is 14.6 Å². The molecule has 0 radical (unpaired) electrons. The maximum atomic E-state index is 12.9. The maximum absolute atomic E-state index is 12.9. The summed E-state index contributed by atoms with van der Waals surface area (Å²) in [5.41, 5.74) is 1.11. The van der Waals surface area contributed by atoms with Crippen LogP contribution in [0.3, 0.4) is 0 Å². The van der Waals surface area contributed by atoms with E-state index < -0.39 is 6.10 Å². The highest BCUT2D eigenvalue weighted by Crippen LogP contribution is 2.56. The van der Waals surface area contributed by atoms with E-state index in [0.717, 1.165) is 38.9 Å². The summed E-state index contributed by atoms with van der Waals surface area (Å²) in [6.07, 6.45) is 11.9. The van der Waals surface area contributed by atoms with Gasteiger partial charge in [-0.05, 0) is 44.7 Å². The third kappa shape index (κ3) is 4.58. The molecule has 0 spiro atoms. The summed E-state index contributed by atoms with van der Waals surface area (Å²) in [4.78, 5) is 15.4. The Kier molecular flexibility index (Phi) is 7.83. The van der Waals surface area contributed by atoms with Gasteiger partial charge in [-0.2, -0.15) is 0 Å². The number of allylic oxidation sites excluding steroid dienone is 1. The molecule has 29 heavy (non-hydrogen) atoms. The van der Waals surface area contributed by atoms with Crippen molar-refractivity contribution >= 4 is 5.97 Å². The van der Waals surface area contributed by atoms with Gasteiger partial charge in [-0.15, -0.1) is 0 Å². The van der Waals surface area contributed by atoms with Crippen molar-refractivity contribution in [1.82, 2.24) is 4.90 Å². The van der Waals surface area contributed by atoms with Crippen LogP contribution >= 0.6 is 0 Å². The lowest BCUT2D eigenvalue weighted by atomic mass is 9.55. The monoisotopic (exact) mass is 405 g/mol. The number of hydrogen-bond donors (Lipinski definition) is 1. The van der Waals surface area contributed by atoms with Crippen LogP contribution in [0, 0.1) is 23.2 Å². The second kappa shape index (κ2) is 9.96. The minimum Gasteiger partial charge on any atom is -0.461 e. The molecular weight excluding hydrogens is 362 g/mol. The second-order valence-corrected chi connectivity index (χ2v) is 10.0. The lowest BCUT2D eigenvalue weighted by molar-refractivity contribution is -0.145. The standard InChI is InChI=1S/C25H43NO3/c1-5-7-9-14-26(15-10-8-6-2)17-20-22-21(29-24(20)28)16-19-13-11-12-18(3)25(19,4)23(22)27/h13,18,20-23,27H,5-12,14-17H2,1-4H3/t18-,20-,21-,22+,23-,25-/m0/s1. The molecule has 1 aliphatic heterocycles. The van der Waals surface area contributed by atoms with Crippen LogP contribution in [0.15, 0.2) is 11.6 Å². The minimum atomic E-state index is -0.493. The van der Waals surface area contributed by atoms with Gasteiger partial charge in [-0.1, -0.05) is 65.0 Å². The molecule has 1 saturated heterocycles. The van der Waals surface area contributed by atoms with Gasteiger partial charge in [0.25, 0.3) is 0 Å². The number of carbonyl (C=O) groups is 1. The lowest BCUT2D eigenvalue weighted by Crippen LogP contribution is -2.54. The van der Waals surface area contributed by atoms with Crippen molar-refractivity contribution in [3.8, 4) is 0 Å². The van der Waals surface area contributed by atoms with Crippen molar-refractivity contribution in [2.75, 3.05) is 19.6 Å². The van der Waals surface area contributed by atoms with E-state index in [9.17, 15) is 9.90 Å². The van der Waals surface area contributed by atoms with Gasteiger partial charge < -0.3 is 14.7 Å². The molecule has 3 rings (SSSR count). The van der Waals surface area contributed by atoms with Gasteiger partial charge in [0.15, 0.2) is 0 Å². The normalized spacial score (nSPS) is 36.6. The highest BCUT2D eigenvalue weighted by atomic mass is 16.6. The van der Waals surface area contributed by atoms with Gasteiger partial charge in [0.2, 0.25) is 0 Å². The number of aliphatic hydroxyl groups is 1. The zero-order chi connectivity index (χ0) is 21.0. The zero-order valence-electron chi connectivity index (χ0n) is 19.2. The lowest BCUT2D eigenvalue weighted by Gasteiger charge is -2.52. The average molecular weight is 406 g/mol. The molecule has 166 valence electrons. The summed E-state index contributed by atoms with van der Waals surface area (Å²) in [5.74, 6) is 0.112. The van der Waals surface area contributed by atoms with Crippen LogP contribution in [0.25, 0.3) is 0 Å². The molecule has 3 aliphatic rings. The highest BCUT2D eigenvalue weighted by molar-refractivity contribution is 5.76. The summed E-state index contributed by atoms with van der Waals surface area (Å²) < 4.78 is 5.86. The molecule has 0 bridgehead atoms. The number of fused-ring (bicyclic) bond motifs is 2. The number of carbonyl (C=O) groups excluding carboxylic acids is 1. The summed E-state index contributed by atoms with van der Waals surface area (Å²) in [7, 11) is 0. The number of rotatable bonds is 10. The van der Waals surface area contributed by atoms with Crippen LogP contribution in [0.2, 0.25) is 0 Å². The number of esters is 1. The highest BCUT2D eigenvalue weighted by Gasteiger charge is 2.59. The molecule has 0 aromatic carbocycles. The second-order valence-electron chi connectivity index (χ2n) is 10.0. The summed E-state index contributed by atoms with van der Waals surface area (Å²) in [6, 6.07) is 0. The Morgan fingerprint density at radius 1 is 1.17 bits per heavy atom. The first-order valence-electron chi connectivity index (χ1n) is 12.2. The first kappa shape index (κ1) is 22.8. The van der Waals surface area contributed by atoms with Gasteiger partial charge in [-0.25, -0.2) is 0 Å². The molecule has 4 nitrogen and oxygen atoms in total. The third-order valence-electron chi connectivity index (χ3n) is 8.18. The predicted molar refractivity (Wildman–Crippen MR) is 118 cm³/mol. The minimum absolute atomic E-state index is 0.0648. The van der Waals surface area contributed by atoms with Crippen LogP contribution < -0.4 is 0 Å². The molecule has 6 atom stereocenters. The Hall–Kier alpha value is -0.870. The molecule has 0 aromatic heterocycles. The van der Waals surface area contributed by atoms with Crippen molar-refractivity contribution in [2.45, 2.75) is 97.7 Å². The van der Waals surface area contributed by atoms with Gasteiger partial charge in [0.1, 0.15) is 6.10 Å². The number of unbranched alkanes of at least 4 members (excludes halogenated alkanes) is 4. The SMILES string of the molecule is CCCCCN(CCCCC)C[C@@H]1C(=O)O[C@H]2CC3=CCC[C@H](C)[C@]3(C)[C@@H](O)[C@@H]21. The van der Waals surface area contributed by atoms with E-state index in [2.05, 4.69) is 38.7 Å². The van der Waals surface area contributed by atoms with E-state index in [4.69, 9.17) is 4.74 Å². The Bertz CT molecular complexity index is 579. The van der Waals surface area contributed by atoms with Crippen LogP contribution in [0.1, 0.15) is 85.5 Å². The molecule has 2 aliphatic carbocycles. The molecule has 4 heteroatoms. The van der Waals surface area contributed by atoms with Crippen molar-refractivity contribution in [1.29, 1.82) is 0 Å². The van der Waals surface area contributed by atoms with E-state index in [1.807, 2.05) is 0 Å². The van der Waals surface area contributed by atoms with Gasteiger partial charge in [0, 0.05) is 24.3 Å². The molecule has 0 unspecified atom stereocenters. The Labute approximate surface area is 178 Å².